The summed E-state index contributed by atoms with van der Waals surface area (Å²) in [7, 11) is 0. The molecule has 3 rings (SSSR count). The largest absolute Gasteiger partial charge is 0.487 e. The molecule has 1 amide bonds. The van der Waals surface area contributed by atoms with Gasteiger partial charge >= 0.3 is 0 Å². The fraction of sp³-hybridized carbons (Fsp3) is 0.120. The molecule has 0 spiro atoms. The first kappa shape index (κ1) is 25.3. The van der Waals surface area contributed by atoms with Crippen LogP contribution in [0.4, 0.5) is 0 Å². The highest BCUT2D eigenvalue weighted by Crippen LogP contribution is 2.36. The molecule has 3 aromatic rings. The van der Waals surface area contributed by atoms with Crippen molar-refractivity contribution in [2.45, 2.75) is 19.6 Å². The molecule has 1 atom stereocenters. The Hall–Kier alpha value is -2.30. The second-order valence-electron chi connectivity index (χ2n) is 7.13. The smallest absolute Gasteiger partial charge is 0.262 e. The summed E-state index contributed by atoms with van der Waals surface area (Å²) in [6, 6.07) is 20.2. The maximum Gasteiger partial charge on any atom is 0.262 e. The standard InChI is InChI=1S/C25H18Br2Cl2N2O2/c1-15(18-5-3-2-4-6-18)31-25(32)19(13-30)9-17-10-20(26)24(21(27)11-17)33-14-16-7-8-22(28)23(29)12-16/h2-12,15H,14H2,1H3,(H,31,32)/b19-9-/t15-/m1/s1. The van der Waals surface area contributed by atoms with E-state index in [1.165, 1.54) is 6.08 Å². The molecule has 0 fully saturated rings. The first-order chi connectivity index (χ1) is 15.8. The van der Waals surface area contributed by atoms with Crippen molar-refractivity contribution in [3.63, 3.8) is 0 Å². The van der Waals surface area contributed by atoms with E-state index in [-0.39, 0.29) is 18.2 Å². The van der Waals surface area contributed by atoms with Gasteiger partial charge < -0.3 is 10.1 Å². The third-order valence-corrected chi connectivity index (χ3v) is 6.63. The summed E-state index contributed by atoms with van der Waals surface area (Å²) < 4.78 is 7.25. The molecule has 8 heteroatoms. The van der Waals surface area contributed by atoms with Crippen molar-refractivity contribution < 1.29 is 9.53 Å². The highest BCUT2D eigenvalue weighted by molar-refractivity contribution is 9.11. The molecule has 0 saturated carbocycles. The lowest BCUT2D eigenvalue weighted by Gasteiger charge is -2.14. The molecule has 4 nitrogen and oxygen atoms in total. The maximum absolute atomic E-state index is 12.6. The Kier molecular flexibility index (Phi) is 8.99. The maximum atomic E-state index is 12.6. The van der Waals surface area contributed by atoms with Gasteiger partial charge in [0.25, 0.3) is 5.91 Å². The van der Waals surface area contributed by atoms with Crippen molar-refractivity contribution >= 4 is 67.0 Å². The average Bonchev–Trinajstić information content (AvgIpc) is 2.79. The number of carbonyl (C=O) groups is 1. The zero-order valence-corrected chi connectivity index (χ0v) is 22.1. The van der Waals surface area contributed by atoms with Gasteiger partial charge in [-0.1, -0.05) is 59.6 Å². The third kappa shape index (κ3) is 6.84. The minimum Gasteiger partial charge on any atom is -0.487 e. The van der Waals surface area contributed by atoms with Crippen LogP contribution in [0.25, 0.3) is 6.08 Å². The van der Waals surface area contributed by atoms with Crippen LogP contribution in [0, 0.1) is 11.3 Å². The predicted molar refractivity (Wildman–Crippen MR) is 139 cm³/mol. The SMILES string of the molecule is C[C@@H](NC(=O)/C(C#N)=C\c1cc(Br)c(OCc2ccc(Cl)c(Cl)c2)c(Br)c1)c1ccccc1. The monoisotopic (exact) mass is 606 g/mol. The fourth-order valence-electron chi connectivity index (χ4n) is 3.00. The molecule has 0 unspecified atom stereocenters. The number of nitrogens with one attached hydrogen (secondary N) is 1. The van der Waals surface area contributed by atoms with Gasteiger partial charge in [0.2, 0.25) is 0 Å². The zero-order valence-electron chi connectivity index (χ0n) is 17.4. The summed E-state index contributed by atoms with van der Waals surface area (Å²) in [5, 5.41) is 13.3. The van der Waals surface area contributed by atoms with Crippen molar-refractivity contribution in [3.05, 3.63) is 102 Å². The summed E-state index contributed by atoms with van der Waals surface area (Å²) in [4.78, 5) is 12.6. The van der Waals surface area contributed by atoms with Crippen molar-refractivity contribution in [1.29, 1.82) is 5.26 Å². The van der Waals surface area contributed by atoms with Crippen LogP contribution in [0.2, 0.25) is 10.0 Å². The predicted octanol–water partition coefficient (Wildman–Crippen LogP) is 7.88. The molecule has 0 bridgehead atoms. The number of ether oxygens (including phenoxy) is 1. The van der Waals surface area contributed by atoms with Crippen molar-refractivity contribution in [1.82, 2.24) is 5.32 Å². The Morgan fingerprint density at radius 1 is 1.09 bits per heavy atom. The van der Waals surface area contributed by atoms with Crippen LogP contribution in [-0.4, -0.2) is 5.91 Å². The van der Waals surface area contributed by atoms with E-state index < -0.39 is 5.91 Å². The molecule has 0 heterocycles. The van der Waals surface area contributed by atoms with Gasteiger partial charge in [-0.05, 0) is 85.8 Å². The lowest BCUT2D eigenvalue weighted by Crippen LogP contribution is -2.27. The fourth-order valence-corrected chi connectivity index (χ4v) is 4.77. The highest BCUT2D eigenvalue weighted by Gasteiger charge is 2.15. The number of rotatable bonds is 7. The second-order valence-corrected chi connectivity index (χ2v) is 9.65. The summed E-state index contributed by atoms with van der Waals surface area (Å²) in [6.07, 6.45) is 1.53. The number of halogens is 4. The Morgan fingerprint density at radius 2 is 1.76 bits per heavy atom. The molecule has 3 aromatic carbocycles. The highest BCUT2D eigenvalue weighted by atomic mass is 79.9. The molecule has 0 aliphatic rings. The van der Waals surface area contributed by atoms with Crippen LogP contribution in [0.5, 0.6) is 5.75 Å². The Morgan fingerprint density at radius 3 is 2.36 bits per heavy atom. The summed E-state index contributed by atoms with van der Waals surface area (Å²) in [5.74, 6) is 0.139. The van der Waals surface area contributed by atoms with Gasteiger partial charge in [-0.25, -0.2) is 0 Å². The number of hydrogen-bond donors (Lipinski definition) is 1. The Labute approximate surface area is 219 Å². The first-order valence-corrected chi connectivity index (χ1v) is 12.2. The normalized spacial score (nSPS) is 12.1. The van der Waals surface area contributed by atoms with Crippen molar-refractivity contribution in [3.8, 4) is 11.8 Å². The first-order valence-electron chi connectivity index (χ1n) is 9.82. The number of hydrogen-bond acceptors (Lipinski definition) is 3. The quantitative estimate of drug-likeness (QED) is 0.219. The lowest BCUT2D eigenvalue weighted by molar-refractivity contribution is -0.117. The minimum atomic E-state index is -0.443. The molecular formula is C25H18Br2Cl2N2O2. The van der Waals surface area contributed by atoms with Gasteiger partial charge in [-0.3, -0.25) is 4.79 Å². The molecule has 0 saturated heterocycles. The molecular weight excluding hydrogens is 591 g/mol. The number of carbonyl (C=O) groups excluding carboxylic acids is 1. The minimum absolute atomic E-state index is 0.000977. The van der Waals surface area contributed by atoms with Gasteiger partial charge in [0.1, 0.15) is 24.0 Å². The van der Waals surface area contributed by atoms with Gasteiger partial charge in [0.15, 0.2) is 0 Å². The summed E-state index contributed by atoms with van der Waals surface area (Å²) >= 11 is 19.0. The van der Waals surface area contributed by atoms with Crippen LogP contribution in [0.15, 0.2) is 75.2 Å². The average molecular weight is 609 g/mol. The van der Waals surface area contributed by atoms with Gasteiger partial charge in [0.05, 0.1) is 25.0 Å². The van der Waals surface area contributed by atoms with Gasteiger partial charge in [0, 0.05) is 0 Å². The van der Waals surface area contributed by atoms with E-state index >= 15 is 0 Å². The lowest BCUT2D eigenvalue weighted by atomic mass is 10.1. The van der Waals surface area contributed by atoms with E-state index in [1.54, 1.807) is 24.3 Å². The number of benzene rings is 3. The van der Waals surface area contributed by atoms with E-state index in [2.05, 4.69) is 37.2 Å². The van der Waals surface area contributed by atoms with Crippen LogP contribution in [0.3, 0.4) is 0 Å². The summed E-state index contributed by atoms with van der Waals surface area (Å²) in [5.41, 5.74) is 2.48. The van der Waals surface area contributed by atoms with E-state index in [0.717, 1.165) is 11.1 Å². The topological polar surface area (TPSA) is 62.1 Å². The number of nitrogens with zero attached hydrogens (tertiary/aromatic N) is 1. The molecule has 1 N–H and O–H groups in total. The van der Waals surface area contributed by atoms with E-state index in [9.17, 15) is 10.1 Å². The number of amides is 1. The Bertz CT molecular complexity index is 1220. The molecule has 33 heavy (non-hydrogen) atoms. The van der Waals surface area contributed by atoms with Crippen molar-refractivity contribution in [2.75, 3.05) is 0 Å². The van der Waals surface area contributed by atoms with E-state index in [0.29, 0.717) is 30.3 Å². The number of nitriles is 1. The van der Waals surface area contributed by atoms with Crippen LogP contribution < -0.4 is 10.1 Å². The third-order valence-electron chi connectivity index (χ3n) is 4.71. The van der Waals surface area contributed by atoms with Gasteiger partial charge in [-0.15, -0.1) is 0 Å². The van der Waals surface area contributed by atoms with Crippen LogP contribution in [-0.2, 0) is 11.4 Å². The van der Waals surface area contributed by atoms with Crippen molar-refractivity contribution in [2.24, 2.45) is 0 Å². The van der Waals surface area contributed by atoms with E-state index in [4.69, 9.17) is 27.9 Å². The zero-order chi connectivity index (χ0) is 24.0. The molecule has 0 aliphatic heterocycles. The summed E-state index contributed by atoms with van der Waals surface area (Å²) in [6.45, 7) is 2.15. The molecule has 168 valence electrons. The molecule has 0 aliphatic carbocycles. The Balaban J connectivity index is 1.74. The molecule has 0 aromatic heterocycles. The van der Waals surface area contributed by atoms with Crippen LogP contribution in [0.1, 0.15) is 29.7 Å². The second kappa shape index (κ2) is 11.7. The van der Waals surface area contributed by atoms with Crippen LogP contribution >= 0.6 is 55.1 Å². The van der Waals surface area contributed by atoms with Gasteiger partial charge in [-0.2, -0.15) is 5.26 Å². The van der Waals surface area contributed by atoms with E-state index in [1.807, 2.05) is 49.4 Å². The molecule has 0 radical (unpaired) electrons.